The minimum atomic E-state index is -0.986. The molecule has 3 nitrogen and oxygen atoms in total. The van der Waals surface area contributed by atoms with Crippen molar-refractivity contribution in [1.82, 2.24) is 5.32 Å². The van der Waals surface area contributed by atoms with Gasteiger partial charge >= 0.3 is 0 Å². The standard InChI is InChI=1S/C11H15F2NO2/c1-6(5-15)14-7(2)9-3-8(12)4-10(13)11(9)16/h3-4,6-7,14-16H,5H2,1-2H3. The van der Waals surface area contributed by atoms with Crippen LogP contribution in [0.1, 0.15) is 25.5 Å². The molecule has 0 fully saturated rings. The van der Waals surface area contributed by atoms with Crippen molar-refractivity contribution in [2.45, 2.75) is 25.9 Å². The summed E-state index contributed by atoms with van der Waals surface area (Å²) in [6.07, 6.45) is 0. The van der Waals surface area contributed by atoms with Crippen LogP contribution in [0.25, 0.3) is 0 Å². The van der Waals surface area contributed by atoms with Crippen molar-refractivity contribution < 1.29 is 19.0 Å². The van der Waals surface area contributed by atoms with Crippen LogP contribution >= 0.6 is 0 Å². The fourth-order valence-electron chi connectivity index (χ4n) is 1.49. The van der Waals surface area contributed by atoms with E-state index in [1.165, 1.54) is 0 Å². The number of halogens is 2. The number of nitrogens with one attached hydrogen (secondary N) is 1. The third-order valence-electron chi connectivity index (χ3n) is 2.33. The summed E-state index contributed by atoms with van der Waals surface area (Å²) in [5, 5.41) is 21.2. The summed E-state index contributed by atoms with van der Waals surface area (Å²) < 4.78 is 26.0. The van der Waals surface area contributed by atoms with Crippen molar-refractivity contribution in [2.24, 2.45) is 0 Å². The van der Waals surface area contributed by atoms with E-state index in [9.17, 15) is 13.9 Å². The van der Waals surface area contributed by atoms with Gasteiger partial charge in [-0.25, -0.2) is 8.78 Å². The molecule has 0 aliphatic carbocycles. The summed E-state index contributed by atoms with van der Waals surface area (Å²) in [6, 6.07) is 1.02. The minimum absolute atomic E-state index is 0.0943. The molecule has 0 amide bonds. The summed E-state index contributed by atoms with van der Waals surface area (Å²) in [5.41, 5.74) is 0.137. The topological polar surface area (TPSA) is 52.5 Å². The number of aliphatic hydroxyl groups excluding tert-OH is 1. The minimum Gasteiger partial charge on any atom is -0.505 e. The maximum atomic E-state index is 13.1. The van der Waals surface area contributed by atoms with Crippen molar-refractivity contribution in [3.8, 4) is 5.75 Å². The van der Waals surface area contributed by atoms with Gasteiger partial charge in [-0.1, -0.05) is 0 Å². The average molecular weight is 231 g/mol. The predicted molar refractivity (Wildman–Crippen MR) is 56.1 cm³/mol. The zero-order chi connectivity index (χ0) is 12.3. The fraction of sp³-hybridized carbons (Fsp3) is 0.455. The molecule has 1 rings (SSSR count). The van der Waals surface area contributed by atoms with Gasteiger partial charge in [-0.15, -0.1) is 0 Å². The van der Waals surface area contributed by atoms with Gasteiger partial charge in [-0.2, -0.15) is 0 Å². The number of aliphatic hydroxyl groups is 1. The maximum absolute atomic E-state index is 13.1. The van der Waals surface area contributed by atoms with E-state index in [0.717, 1.165) is 6.07 Å². The maximum Gasteiger partial charge on any atom is 0.168 e. The molecule has 0 spiro atoms. The molecule has 3 N–H and O–H groups in total. The first kappa shape index (κ1) is 12.9. The normalized spacial score (nSPS) is 14.8. The van der Waals surface area contributed by atoms with Crippen LogP contribution < -0.4 is 5.32 Å². The van der Waals surface area contributed by atoms with Crippen LogP contribution in [-0.2, 0) is 0 Å². The van der Waals surface area contributed by atoms with E-state index in [1.54, 1.807) is 13.8 Å². The number of aromatic hydroxyl groups is 1. The zero-order valence-electron chi connectivity index (χ0n) is 9.17. The highest BCUT2D eigenvalue weighted by Crippen LogP contribution is 2.28. The molecular formula is C11H15F2NO2. The van der Waals surface area contributed by atoms with Gasteiger partial charge in [0.1, 0.15) is 5.82 Å². The molecule has 2 unspecified atom stereocenters. The van der Waals surface area contributed by atoms with Crippen LogP contribution in [0.5, 0.6) is 5.75 Å². The van der Waals surface area contributed by atoms with Crippen molar-refractivity contribution >= 4 is 0 Å². The lowest BCUT2D eigenvalue weighted by atomic mass is 10.1. The van der Waals surface area contributed by atoms with Crippen LogP contribution in [0, 0.1) is 11.6 Å². The molecule has 90 valence electrons. The van der Waals surface area contributed by atoms with E-state index >= 15 is 0 Å². The largest absolute Gasteiger partial charge is 0.505 e. The highest BCUT2D eigenvalue weighted by atomic mass is 19.1. The quantitative estimate of drug-likeness (QED) is 0.739. The van der Waals surface area contributed by atoms with Gasteiger partial charge in [0.25, 0.3) is 0 Å². The molecule has 0 heterocycles. The lowest BCUT2D eigenvalue weighted by Crippen LogP contribution is -2.31. The van der Waals surface area contributed by atoms with Crippen molar-refractivity contribution in [3.63, 3.8) is 0 Å². The van der Waals surface area contributed by atoms with Crippen molar-refractivity contribution in [1.29, 1.82) is 0 Å². The van der Waals surface area contributed by atoms with Crippen LogP contribution in [0.4, 0.5) is 8.78 Å². The first-order valence-corrected chi connectivity index (χ1v) is 5.00. The van der Waals surface area contributed by atoms with E-state index in [1.807, 2.05) is 0 Å². The second kappa shape index (κ2) is 5.23. The molecule has 0 aromatic heterocycles. The first-order chi connectivity index (χ1) is 7.45. The first-order valence-electron chi connectivity index (χ1n) is 5.00. The van der Waals surface area contributed by atoms with Crippen LogP contribution in [0.3, 0.4) is 0 Å². The molecule has 0 aliphatic rings. The number of phenolic OH excluding ortho intramolecular Hbond substituents is 1. The molecule has 0 saturated heterocycles. The number of hydrogen-bond acceptors (Lipinski definition) is 3. The molecule has 1 aromatic rings. The Morgan fingerprint density at radius 2 is 1.94 bits per heavy atom. The zero-order valence-corrected chi connectivity index (χ0v) is 9.17. The van der Waals surface area contributed by atoms with Gasteiger partial charge in [0, 0.05) is 23.7 Å². The summed E-state index contributed by atoms with van der Waals surface area (Å²) in [5.74, 6) is -2.29. The van der Waals surface area contributed by atoms with Crippen molar-refractivity contribution in [3.05, 3.63) is 29.3 Å². The van der Waals surface area contributed by atoms with E-state index in [2.05, 4.69) is 5.32 Å². The fourth-order valence-corrected chi connectivity index (χ4v) is 1.49. The van der Waals surface area contributed by atoms with Gasteiger partial charge in [0.2, 0.25) is 0 Å². The Balaban J connectivity index is 2.94. The molecule has 16 heavy (non-hydrogen) atoms. The summed E-state index contributed by atoms with van der Waals surface area (Å²) >= 11 is 0. The predicted octanol–water partition coefficient (Wildman–Crippen LogP) is 1.70. The third kappa shape index (κ3) is 2.90. The molecule has 0 saturated carbocycles. The van der Waals surface area contributed by atoms with Crippen LogP contribution in [-0.4, -0.2) is 22.9 Å². The highest BCUT2D eigenvalue weighted by molar-refractivity contribution is 5.36. The summed E-state index contributed by atoms with van der Waals surface area (Å²) in [4.78, 5) is 0. The molecule has 2 atom stereocenters. The summed E-state index contributed by atoms with van der Waals surface area (Å²) in [7, 11) is 0. The number of benzene rings is 1. The Bertz CT molecular complexity index is 371. The van der Waals surface area contributed by atoms with E-state index in [4.69, 9.17) is 5.11 Å². The molecule has 0 aliphatic heterocycles. The molecule has 1 aromatic carbocycles. The third-order valence-corrected chi connectivity index (χ3v) is 2.33. The number of rotatable bonds is 4. The van der Waals surface area contributed by atoms with E-state index < -0.39 is 23.4 Å². The van der Waals surface area contributed by atoms with Crippen LogP contribution in [0.15, 0.2) is 12.1 Å². The van der Waals surface area contributed by atoms with E-state index in [-0.39, 0.29) is 18.2 Å². The van der Waals surface area contributed by atoms with Gasteiger partial charge < -0.3 is 15.5 Å². The smallest absolute Gasteiger partial charge is 0.168 e. The highest BCUT2D eigenvalue weighted by Gasteiger charge is 2.17. The second-order valence-electron chi connectivity index (χ2n) is 3.80. The summed E-state index contributed by atoms with van der Waals surface area (Å²) in [6.45, 7) is 3.28. The van der Waals surface area contributed by atoms with Gasteiger partial charge in [0.05, 0.1) is 6.61 Å². The molecular weight excluding hydrogens is 216 g/mol. The second-order valence-corrected chi connectivity index (χ2v) is 3.80. The van der Waals surface area contributed by atoms with Gasteiger partial charge in [-0.05, 0) is 19.9 Å². The average Bonchev–Trinajstić information content (AvgIpc) is 2.22. The van der Waals surface area contributed by atoms with Crippen LogP contribution in [0.2, 0.25) is 0 Å². The molecule has 0 radical (unpaired) electrons. The Morgan fingerprint density at radius 1 is 1.31 bits per heavy atom. The SMILES string of the molecule is CC(CO)NC(C)c1cc(F)cc(F)c1O. The number of hydrogen-bond donors (Lipinski definition) is 3. The van der Waals surface area contributed by atoms with Crippen molar-refractivity contribution in [2.75, 3.05) is 6.61 Å². The molecule has 5 heteroatoms. The Hall–Kier alpha value is -1.20. The monoisotopic (exact) mass is 231 g/mol. The Labute approximate surface area is 92.7 Å². The van der Waals surface area contributed by atoms with Gasteiger partial charge in [-0.3, -0.25) is 0 Å². The molecule has 0 bridgehead atoms. The van der Waals surface area contributed by atoms with E-state index in [0.29, 0.717) is 6.07 Å². The van der Waals surface area contributed by atoms with Gasteiger partial charge in [0.15, 0.2) is 11.6 Å². The Kier molecular flexibility index (Phi) is 4.20. The number of phenols is 1. The lowest BCUT2D eigenvalue weighted by molar-refractivity contribution is 0.242. The lowest BCUT2D eigenvalue weighted by Gasteiger charge is -2.19. The Morgan fingerprint density at radius 3 is 2.50 bits per heavy atom.